The molecule has 13 nitrogen and oxygen atoms in total. The number of guanidine groups is 2. The summed E-state index contributed by atoms with van der Waals surface area (Å²) < 4.78 is 71.0. The number of hydrogen-bond donors (Lipinski definition) is 5. The fourth-order valence-electron chi connectivity index (χ4n) is 3.45. The highest BCUT2D eigenvalue weighted by atomic mass is 32.2. The lowest BCUT2D eigenvalue weighted by molar-refractivity contribution is -0.671. The molecule has 2 heterocycles. The molecule has 15 heteroatoms. The summed E-state index contributed by atoms with van der Waals surface area (Å²) in [6.07, 6.45) is 4.26. The second-order valence-electron chi connectivity index (χ2n) is 7.80. The third-order valence-corrected chi connectivity index (χ3v) is 7.44. The Kier molecular flexibility index (Phi) is 7.65. The van der Waals surface area contributed by atoms with Gasteiger partial charge in [0.05, 0.1) is 5.25 Å². The third kappa shape index (κ3) is 6.79. The number of aliphatic imine (C=N–C) groups is 1. The minimum Gasteiger partial charge on any atom is -0.748 e. The van der Waals surface area contributed by atoms with Crippen LogP contribution in [0.2, 0.25) is 0 Å². The van der Waals surface area contributed by atoms with Crippen molar-refractivity contribution < 1.29 is 35.5 Å². The Labute approximate surface area is 207 Å². The lowest BCUT2D eigenvalue weighted by atomic mass is 9.99. The zero-order valence-electron chi connectivity index (χ0n) is 18.9. The first-order chi connectivity index (χ1) is 16.7. The van der Waals surface area contributed by atoms with Crippen LogP contribution >= 0.6 is 0 Å². The molecular formula is C21H23N7O6S2. The highest BCUT2D eigenvalue weighted by molar-refractivity contribution is 7.90. The maximum Gasteiger partial charge on any atom is 0.316 e. The normalized spacial score (nSPS) is 18.3. The molecule has 0 amide bonds. The van der Waals surface area contributed by atoms with Gasteiger partial charge in [0.2, 0.25) is 0 Å². The van der Waals surface area contributed by atoms with Crippen molar-refractivity contribution in [2.24, 2.45) is 29.2 Å². The zero-order valence-corrected chi connectivity index (χ0v) is 20.5. The van der Waals surface area contributed by atoms with Crippen molar-refractivity contribution in [1.82, 2.24) is 5.32 Å². The fraction of sp³-hybridized carbons (Fsp3) is 0.190. The first-order valence-corrected chi connectivity index (χ1v) is 13.1. The van der Waals surface area contributed by atoms with Gasteiger partial charge in [-0.25, -0.2) is 26.4 Å². The molecule has 0 saturated carbocycles. The minimum atomic E-state index is -5.12. The molecule has 0 aliphatic carbocycles. The second kappa shape index (κ2) is 10.3. The quantitative estimate of drug-likeness (QED) is 0.0854. The largest absolute Gasteiger partial charge is 0.748 e. The molecule has 2 atom stereocenters. The van der Waals surface area contributed by atoms with Crippen LogP contribution in [0, 0.1) is 11.8 Å². The van der Waals surface area contributed by atoms with Crippen molar-refractivity contribution in [1.29, 1.82) is 0 Å². The van der Waals surface area contributed by atoms with Gasteiger partial charge in [-0.05, 0) is 24.3 Å². The van der Waals surface area contributed by atoms with Crippen LogP contribution in [0.4, 0.5) is 5.69 Å². The average molecular weight is 534 g/mol. The Bertz CT molecular complexity index is 1550. The van der Waals surface area contributed by atoms with Crippen molar-refractivity contribution in [2.45, 2.75) is 17.0 Å². The number of hydrogen-bond acceptors (Lipinski definition) is 8. The summed E-state index contributed by atoms with van der Waals surface area (Å²) >= 11 is 0. The van der Waals surface area contributed by atoms with Crippen molar-refractivity contribution in [3.8, 4) is 23.0 Å². The van der Waals surface area contributed by atoms with E-state index in [1.807, 2.05) is 36.1 Å². The predicted molar refractivity (Wildman–Crippen MR) is 128 cm³/mol. The molecule has 0 bridgehead atoms. The van der Waals surface area contributed by atoms with Crippen LogP contribution in [0.5, 0.6) is 0 Å². The van der Waals surface area contributed by atoms with Crippen LogP contribution < -0.4 is 32.1 Å². The topological polar surface area (TPSA) is 235 Å². The van der Waals surface area contributed by atoms with Crippen LogP contribution in [0.1, 0.15) is 12.0 Å². The van der Waals surface area contributed by atoms with Gasteiger partial charge in [0, 0.05) is 41.0 Å². The monoisotopic (exact) mass is 533 g/mol. The Balaban J connectivity index is 2.09. The van der Waals surface area contributed by atoms with Crippen molar-refractivity contribution in [3.63, 3.8) is 0 Å². The van der Waals surface area contributed by atoms with Crippen LogP contribution in [0.3, 0.4) is 0 Å². The molecule has 1 aliphatic rings. The van der Waals surface area contributed by atoms with Gasteiger partial charge in [0.25, 0.3) is 5.96 Å². The number of pyridine rings is 1. The number of rotatable bonds is 4. The van der Waals surface area contributed by atoms with E-state index in [-0.39, 0.29) is 17.5 Å². The van der Waals surface area contributed by atoms with Gasteiger partial charge in [-0.1, -0.05) is 11.8 Å². The summed E-state index contributed by atoms with van der Waals surface area (Å²) in [7, 11) is -8.39. The van der Waals surface area contributed by atoms with Gasteiger partial charge in [-0.2, -0.15) is 0 Å². The zero-order chi connectivity index (χ0) is 26.7. The molecule has 2 aromatic rings. The number of benzene rings is 1. The molecular weight excluding hydrogens is 510 g/mol. The minimum absolute atomic E-state index is 0.0692. The Morgan fingerprint density at radius 3 is 2.47 bits per heavy atom. The summed E-state index contributed by atoms with van der Waals surface area (Å²) in [6, 6.07) is 8.73. The molecule has 0 unspecified atom stereocenters. The Morgan fingerprint density at radius 1 is 1.14 bits per heavy atom. The second-order valence-corrected chi connectivity index (χ2v) is 10.9. The molecule has 3 rings (SSSR count). The van der Waals surface area contributed by atoms with E-state index in [9.17, 15) is 25.9 Å². The van der Waals surface area contributed by atoms with E-state index in [0.717, 1.165) is 11.8 Å². The molecule has 1 aromatic carbocycles. The SMILES string of the molecule is C[n+]1cccc(-c2ccc(N=C(N)[NH+]=C(N)N)cc2C#CC2=CN[C@H](S(=O)(=O)[O-])[C@H](S(=O)(=O)[O-])C2)c1. The first kappa shape index (κ1) is 26.6. The molecule has 1 aliphatic heterocycles. The molecule has 1 aromatic heterocycles. The first-order valence-electron chi connectivity index (χ1n) is 10.2. The van der Waals surface area contributed by atoms with Crippen molar-refractivity contribution in [2.75, 3.05) is 0 Å². The van der Waals surface area contributed by atoms with Crippen LogP contribution in [-0.2, 0) is 27.3 Å². The molecule has 0 spiro atoms. The van der Waals surface area contributed by atoms with Gasteiger partial charge in [0.1, 0.15) is 38.3 Å². The summed E-state index contributed by atoms with van der Waals surface area (Å²) in [4.78, 5) is 6.63. The smallest absolute Gasteiger partial charge is 0.316 e. The number of nitrogens with zero attached hydrogens (tertiary/aromatic N) is 2. The Hall–Kier alpha value is -3.97. The average Bonchev–Trinajstić information content (AvgIpc) is 2.76. The highest BCUT2D eigenvalue weighted by Gasteiger charge is 2.35. The van der Waals surface area contributed by atoms with E-state index in [0.29, 0.717) is 16.8 Å². The fourth-order valence-corrected chi connectivity index (χ4v) is 5.73. The number of aromatic nitrogens is 1. The van der Waals surface area contributed by atoms with Gasteiger partial charge in [-0.15, -0.1) is 4.99 Å². The van der Waals surface area contributed by atoms with Gasteiger partial charge >= 0.3 is 5.96 Å². The van der Waals surface area contributed by atoms with Crippen LogP contribution in [0.15, 0.2) is 59.5 Å². The summed E-state index contributed by atoms with van der Waals surface area (Å²) in [5.74, 6) is 5.44. The Morgan fingerprint density at radius 2 is 1.86 bits per heavy atom. The molecule has 36 heavy (non-hydrogen) atoms. The van der Waals surface area contributed by atoms with E-state index >= 15 is 0 Å². The van der Waals surface area contributed by atoms with Gasteiger partial charge in [-0.3, -0.25) is 0 Å². The molecule has 0 fully saturated rings. The van der Waals surface area contributed by atoms with E-state index in [1.165, 1.54) is 0 Å². The van der Waals surface area contributed by atoms with E-state index in [4.69, 9.17) is 17.2 Å². The molecule has 8 N–H and O–H groups in total. The standard InChI is InChI=1S/C21H23N7O6S2/c1-28-8-2-3-15(12-28)17-7-6-16(26-21(24)27-20(22)23)10-14(17)5-4-13-9-18(35(29,30)31)19(25-11-13)36(32,33)34/h2-3,6-8,10-12,18-19,25H,9H2,1H3,(H7-,22,23,24,26,27,29,30,31,32,33,34)/t18-,19-/m1/s1. The third-order valence-electron chi connectivity index (χ3n) is 5.00. The molecule has 190 valence electrons. The highest BCUT2D eigenvalue weighted by Crippen LogP contribution is 2.27. The van der Waals surface area contributed by atoms with Crippen molar-refractivity contribution >= 4 is 37.8 Å². The van der Waals surface area contributed by atoms with Crippen molar-refractivity contribution in [3.05, 3.63) is 60.1 Å². The van der Waals surface area contributed by atoms with Crippen LogP contribution in [0.25, 0.3) is 11.1 Å². The molecule has 0 saturated heterocycles. The molecule has 0 radical (unpaired) electrons. The number of allylic oxidation sites excluding steroid dienone is 1. The predicted octanol–water partition coefficient (Wildman–Crippen LogP) is -3.51. The maximum atomic E-state index is 11.6. The van der Waals surface area contributed by atoms with E-state index in [1.54, 1.807) is 18.2 Å². The summed E-state index contributed by atoms with van der Waals surface area (Å²) in [5.41, 5.74) is 19.0. The van der Waals surface area contributed by atoms with E-state index < -0.39 is 37.3 Å². The lowest BCUT2D eigenvalue weighted by Gasteiger charge is -2.34. The lowest BCUT2D eigenvalue weighted by Crippen LogP contribution is -2.84. The summed E-state index contributed by atoms with van der Waals surface area (Å²) in [6.45, 7) is 0. The summed E-state index contributed by atoms with van der Waals surface area (Å²) in [5, 5.41) is -1.94. The van der Waals surface area contributed by atoms with E-state index in [2.05, 4.69) is 27.1 Å². The number of nitrogens with one attached hydrogen (secondary N) is 2. The maximum absolute atomic E-state index is 11.6. The van der Waals surface area contributed by atoms with Gasteiger partial charge < -0.3 is 31.6 Å². The van der Waals surface area contributed by atoms with Crippen LogP contribution in [-0.4, -0.2) is 48.5 Å². The number of nitrogens with two attached hydrogens (primary N) is 3. The number of aryl methyl sites for hydroxylation is 1. The van der Waals surface area contributed by atoms with Gasteiger partial charge in [0.15, 0.2) is 12.4 Å².